The lowest BCUT2D eigenvalue weighted by Crippen LogP contribution is -2.16. The fourth-order valence-electron chi connectivity index (χ4n) is 3.20. The monoisotopic (exact) mass is 280 g/mol. The normalized spacial score (nSPS) is 14.3. The van der Waals surface area contributed by atoms with Gasteiger partial charge in [0, 0.05) is 34.4 Å². The van der Waals surface area contributed by atoms with Gasteiger partial charge in [-0.05, 0) is 29.4 Å². The predicted molar refractivity (Wildman–Crippen MR) is 92.3 cm³/mol. The van der Waals surface area contributed by atoms with Crippen LogP contribution in [0.3, 0.4) is 0 Å². The fourth-order valence-corrected chi connectivity index (χ4v) is 3.20. The minimum atomic E-state index is 0.473. The van der Waals surface area contributed by atoms with Crippen LogP contribution < -0.4 is 0 Å². The molecule has 0 unspecified atom stereocenters. The third-order valence-corrected chi connectivity index (χ3v) is 4.00. The van der Waals surface area contributed by atoms with E-state index in [2.05, 4.69) is 24.3 Å². The van der Waals surface area contributed by atoms with E-state index in [9.17, 15) is 0 Å². The van der Waals surface area contributed by atoms with E-state index in [1.54, 1.807) is 0 Å². The zero-order valence-corrected chi connectivity index (χ0v) is 13.4. The van der Waals surface area contributed by atoms with Crippen LogP contribution in [0.4, 0.5) is 0 Å². The van der Waals surface area contributed by atoms with Crippen molar-refractivity contribution < 1.29 is 0 Å². The molecule has 2 nitrogen and oxygen atoms in total. The molecule has 110 valence electrons. The van der Waals surface area contributed by atoms with Gasteiger partial charge in [-0.25, -0.2) is 0 Å². The Hall–Kier alpha value is -1.96. The summed E-state index contributed by atoms with van der Waals surface area (Å²) in [6.45, 7) is 8.00. The van der Waals surface area contributed by atoms with Gasteiger partial charge in [-0.3, -0.25) is 0 Å². The van der Waals surface area contributed by atoms with Crippen molar-refractivity contribution in [2.24, 2.45) is 0 Å². The largest absolute Gasteiger partial charge is 0.304 e. The van der Waals surface area contributed by atoms with E-state index in [0.29, 0.717) is 17.8 Å². The lowest BCUT2D eigenvalue weighted by atomic mass is 9.84. The lowest BCUT2D eigenvalue weighted by Gasteiger charge is -2.20. The first-order valence-electron chi connectivity index (χ1n) is 7.99. The van der Waals surface area contributed by atoms with Crippen LogP contribution in [0.5, 0.6) is 0 Å². The molecule has 2 aliphatic carbocycles. The zero-order valence-electron chi connectivity index (χ0n) is 13.4. The van der Waals surface area contributed by atoms with Gasteiger partial charge in [-0.1, -0.05) is 52.0 Å². The molecule has 2 aromatic rings. The van der Waals surface area contributed by atoms with Crippen molar-refractivity contribution in [2.75, 3.05) is 0 Å². The maximum atomic E-state index is 8.06. The molecule has 2 N–H and O–H groups in total. The minimum Gasteiger partial charge on any atom is -0.304 e. The molecule has 0 saturated heterocycles. The number of nitrogens with one attached hydrogen (secondary N) is 2. The highest BCUT2D eigenvalue weighted by Crippen LogP contribution is 2.37. The van der Waals surface area contributed by atoms with Gasteiger partial charge in [0.15, 0.2) is 0 Å². The van der Waals surface area contributed by atoms with Crippen LogP contribution in [-0.2, 0) is 12.8 Å². The SMILES string of the molecule is CC.CC.N=C1CC(=N)c2ccc3c4c(ccc1c24)CC3. The summed E-state index contributed by atoms with van der Waals surface area (Å²) in [4.78, 5) is 0. The third kappa shape index (κ3) is 2.29. The highest BCUT2D eigenvalue weighted by atomic mass is 14.5. The van der Waals surface area contributed by atoms with Crippen molar-refractivity contribution in [3.63, 3.8) is 0 Å². The maximum Gasteiger partial charge on any atom is 0.0452 e. The van der Waals surface area contributed by atoms with E-state index in [0.717, 1.165) is 24.0 Å². The molecule has 0 fully saturated rings. The Bertz CT molecular complexity index is 654. The quantitative estimate of drug-likeness (QED) is 0.672. The van der Waals surface area contributed by atoms with Gasteiger partial charge < -0.3 is 10.8 Å². The Morgan fingerprint density at radius 2 is 1.10 bits per heavy atom. The molecule has 0 atom stereocenters. The van der Waals surface area contributed by atoms with Gasteiger partial charge in [0.05, 0.1) is 0 Å². The Morgan fingerprint density at radius 3 is 1.52 bits per heavy atom. The van der Waals surface area contributed by atoms with Gasteiger partial charge in [-0.2, -0.15) is 0 Å². The van der Waals surface area contributed by atoms with Crippen LogP contribution in [0, 0.1) is 10.8 Å². The Balaban J connectivity index is 0.000000374. The second kappa shape index (κ2) is 6.21. The number of rotatable bonds is 0. The van der Waals surface area contributed by atoms with Crippen LogP contribution in [0.2, 0.25) is 0 Å². The molecule has 0 aliphatic heterocycles. The smallest absolute Gasteiger partial charge is 0.0452 e. The van der Waals surface area contributed by atoms with E-state index < -0.39 is 0 Å². The van der Waals surface area contributed by atoms with Crippen LogP contribution in [0.15, 0.2) is 24.3 Å². The summed E-state index contributed by atoms with van der Waals surface area (Å²) in [6.07, 6.45) is 2.69. The fraction of sp³-hybridized carbons (Fsp3) is 0.368. The molecular weight excluding hydrogens is 256 g/mol. The minimum absolute atomic E-state index is 0.473. The molecule has 0 heterocycles. The molecule has 4 rings (SSSR count). The Labute approximate surface area is 127 Å². The highest BCUT2D eigenvalue weighted by molar-refractivity contribution is 6.29. The number of hydrogen-bond acceptors (Lipinski definition) is 2. The standard InChI is InChI=1S/C15H12N2.2C2H6/c16-12-7-13(17)11-6-4-9-2-1-8-3-5-10(12)15(11)14(8)9;2*1-2/h3-6,16-17H,1-2,7H2;2*1-2H3. The summed E-state index contributed by atoms with van der Waals surface area (Å²) in [5.41, 5.74) is 6.06. The summed E-state index contributed by atoms with van der Waals surface area (Å²) in [7, 11) is 0. The maximum absolute atomic E-state index is 8.06. The first kappa shape index (κ1) is 15.4. The highest BCUT2D eigenvalue weighted by Gasteiger charge is 2.25. The molecule has 0 saturated carbocycles. The lowest BCUT2D eigenvalue weighted by molar-refractivity contribution is 1.02. The molecular formula is C19H24N2. The summed E-state index contributed by atoms with van der Waals surface area (Å²) in [5, 5.41) is 18.6. The average molecular weight is 280 g/mol. The predicted octanol–water partition coefficient (Wildman–Crippen LogP) is 5.13. The van der Waals surface area contributed by atoms with Gasteiger partial charge in [0.2, 0.25) is 0 Å². The Kier molecular flexibility index (Phi) is 4.56. The van der Waals surface area contributed by atoms with Gasteiger partial charge in [0.1, 0.15) is 0 Å². The van der Waals surface area contributed by atoms with Crippen molar-refractivity contribution >= 4 is 22.2 Å². The third-order valence-electron chi connectivity index (χ3n) is 4.00. The van der Waals surface area contributed by atoms with Crippen molar-refractivity contribution in [1.82, 2.24) is 0 Å². The molecule has 2 aromatic carbocycles. The topological polar surface area (TPSA) is 47.7 Å². The van der Waals surface area contributed by atoms with E-state index >= 15 is 0 Å². The van der Waals surface area contributed by atoms with E-state index in [-0.39, 0.29) is 0 Å². The molecule has 2 heteroatoms. The molecule has 0 aromatic heterocycles. The molecule has 0 bridgehead atoms. The summed E-state index contributed by atoms with van der Waals surface area (Å²) >= 11 is 0. The summed E-state index contributed by atoms with van der Waals surface area (Å²) < 4.78 is 0. The van der Waals surface area contributed by atoms with E-state index in [1.807, 2.05) is 27.7 Å². The van der Waals surface area contributed by atoms with Gasteiger partial charge in [0.25, 0.3) is 0 Å². The molecule has 21 heavy (non-hydrogen) atoms. The van der Waals surface area contributed by atoms with Crippen molar-refractivity contribution in [1.29, 1.82) is 10.8 Å². The first-order chi connectivity index (χ1) is 10.3. The first-order valence-corrected chi connectivity index (χ1v) is 7.99. The molecule has 0 spiro atoms. The zero-order chi connectivity index (χ0) is 15.6. The number of hydrogen-bond donors (Lipinski definition) is 2. The Morgan fingerprint density at radius 1 is 0.667 bits per heavy atom. The van der Waals surface area contributed by atoms with Crippen LogP contribution in [0.1, 0.15) is 56.4 Å². The van der Waals surface area contributed by atoms with E-state index in [1.165, 1.54) is 21.9 Å². The molecule has 0 amide bonds. The summed E-state index contributed by atoms with van der Waals surface area (Å²) in [5.74, 6) is 0. The van der Waals surface area contributed by atoms with Crippen molar-refractivity contribution in [3.8, 4) is 0 Å². The number of benzene rings is 2. The number of aryl methyl sites for hydroxylation is 2. The van der Waals surface area contributed by atoms with E-state index in [4.69, 9.17) is 10.8 Å². The van der Waals surface area contributed by atoms with Crippen LogP contribution in [0.25, 0.3) is 10.8 Å². The second-order valence-electron chi connectivity index (χ2n) is 4.93. The second-order valence-corrected chi connectivity index (χ2v) is 4.93. The molecule has 0 radical (unpaired) electrons. The van der Waals surface area contributed by atoms with Crippen LogP contribution in [-0.4, -0.2) is 11.4 Å². The molecule has 2 aliphatic rings. The van der Waals surface area contributed by atoms with Crippen molar-refractivity contribution in [3.05, 3.63) is 46.5 Å². The van der Waals surface area contributed by atoms with Gasteiger partial charge in [-0.15, -0.1) is 0 Å². The van der Waals surface area contributed by atoms with Crippen molar-refractivity contribution in [2.45, 2.75) is 47.0 Å². The van der Waals surface area contributed by atoms with Gasteiger partial charge >= 0.3 is 0 Å². The summed E-state index contributed by atoms with van der Waals surface area (Å²) in [6, 6.07) is 8.49. The van der Waals surface area contributed by atoms with Crippen LogP contribution >= 0.6 is 0 Å². The average Bonchev–Trinajstić information content (AvgIpc) is 2.96.